The molecule has 0 radical (unpaired) electrons. The molecule has 1 aromatic heterocycles. The molecule has 2 amide bonds. The summed E-state index contributed by atoms with van der Waals surface area (Å²) in [5, 5.41) is 13.7. The molecule has 2 aliphatic rings. The van der Waals surface area contributed by atoms with Gasteiger partial charge >= 0.3 is 0 Å². The van der Waals surface area contributed by atoms with Crippen LogP contribution in [0.4, 0.5) is 5.69 Å². The molecule has 2 aromatic rings. The van der Waals surface area contributed by atoms with Crippen LogP contribution in [0.3, 0.4) is 0 Å². The number of benzene rings is 1. The Hall–Kier alpha value is -2.09. The summed E-state index contributed by atoms with van der Waals surface area (Å²) in [6.45, 7) is 1.34. The summed E-state index contributed by atoms with van der Waals surface area (Å²) in [5.74, 6) is -0.406. The van der Waals surface area contributed by atoms with Gasteiger partial charge in [-0.05, 0) is 36.6 Å². The smallest absolute Gasteiger partial charge is 0.253 e. The van der Waals surface area contributed by atoms with Crippen LogP contribution < -0.4 is 16.0 Å². The molecule has 0 bridgehead atoms. The third-order valence-electron chi connectivity index (χ3n) is 5.10. The fourth-order valence-corrected chi connectivity index (χ4v) is 3.64. The van der Waals surface area contributed by atoms with E-state index in [0.29, 0.717) is 22.8 Å². The van der Waals surface area contributed by atoms with E-state index in [9.17, 15) is 9.59 Å². The first-order valence-electron chi connectivity index (χ1n) is 9.12. The molecule has 2 atom stereocenters. The van der Waals surface area contributed by atoms with Crippen molar-refractivity contribution < 1.29 is 9.59 Å². The van der Waals surface area contributed by atoms with Gasteiger partial charge in [0.1, 0.15) is 0 Å². The monoisotopic (exact) mass is 423 g/mol. The molecule has 150 valence electrons. The highest BCUT2D eigenvalue weighted by molar-refractivity contribution is 6.34. The van der Waals surface area contributed by atoms with E-state index in [0.717, 1.165) is 24.9 Å². The van der Waals surface area contributed by atoms with Crippen molar-refractivity contribution in [1.82, 2.24) is 20.4 Å². The summed E-state index contributed by atoms with van der Waals surface area (Å²) >= 11 is 6.17. The molecule has 4 rings (SSSR count). The van der Waals surface area contributed by atoms with Gasteiger partial charge in [0, 0.05) is 44.0 Å². The van der Waals surface area contributed by atoms with Gasteiger partial charge in [-0.2, -0.15) is 5.10 Å². The summed E-state index contributed by atoms with van der Waals surface area (Å²) in [4.78, 5) is 25.2. The second kappa shape index (κ2) is 8.51. The Morgan fingerprint density at radius 1 is 1.29 bits per heavy atom. The summed E-state index contributed by atoms with van der Waals surface area (Å²) < 4.78 is 1.74. The van der Waals surface area contributed by atoms with Crippen molar-refractivity contribution in [2.75, 3.05) is 18.4 Å². The normalized spacial score (nSPS) is 21.1. The predicted octanol–water partition coefficient (Wildman–Crippen LogP) is 2.33. The van der Waals surface area contributed by atoms with E-state index in [1.54, 1.807) is 29.1 Å². The first-order valence-corrected chi connectivity index (χ1v) is 9.49. The second-order valence-corrected chi connectivity index (χ2v) is 7.66. The van der Waals surface area contributed by atoms with Crippen LogP contribution in [-0.2, 0) is 11.8 Å². The van der Waals surface area contributed by atoms with Crippen LogP contribution in [0.1, 0.15) is 34.7 Å². The third-order valence-corrected chi connectivity index (χ3v) is 5.42. The van der Waals surface area contributed by atoms with Gasteiger partial charge in [-0.3, -0.25) is 14.3 Å². The molecule has 0 spiro atoms. The summed E-state index contributed by atoms with van der Waals surface area (Å²) in [7, 11) is 1.86. The molecule has 7 nitrogen and oxygen atoms in total. The third kappa shape index (κ3) is 4.48. The molecule has 1 aliphatic heterocycles. The minimum Gasteiger partial charge on any atom is -0.349 e. The summed E-state index contributed by atoms with van der Waals surface area (Å²) in [6, 6.07) is 5.25. The average Bonchev–Trinajstić information content (AvgIpc) is 3.14. The molecular weight excluding hydrogens is 401 g/mol. The Bertz CT molecular complexity index is 881. The maximum absolute atomic E-state index is 12.8. The zero-order valence-corrected chi connectivity index (χ0v) is 17.0. The van der Waals surface area contributed by atoms with Gasteiger partial charge in [0.05, 0.1) is 22.7 Å². The van der Waals surface area contributed by atoms with Crippen molar-refractivity contribution in [3.63, 3.8) is 0 Å². The minimum atomic E-state index is -0.200. The van der Waals surface area contributed by atoms with Gasteiger partial charge < -0.3 is 16.0 Å². The molecule has 1 saturated heterocycles. The number of carbonyl (C=O) groups excluding carboxylic acids is 2. The fraction of sp³-hybridized carbons (Fsp3) is 0.421. The Labute approximate surface area is 174 Å². The minimum absolute atomic E-state index is 0. The van der Waals surface area contributed by atoms with Gasteiger partial charge in [-0.1, -0.05) is 11.6 Å². The quantitative estimate of drug-likeness (QED) is 0.688. The Kier molecular flexibility index (Phi) is 6.27. The molecule has 28 heavy (non-hydrogen) atoms. The predicted molar refractivity (Wildman–Crippen MR) is 110 cm³/mol. The molecule has 1 saturated carbocycles. The zero-order valence-electron chi connectivity index (χ0n) is 15.4. The maximum Gasteiger partial charge on any atom is 0.253 e. The highest BCUT2D eigenvalue weighted by Crippen LogP contribution is 2.29. The average molecular weight is 424 g/mol. The van der Waals surface area contributed by atoms with E-state index in [1.807, 2.05) is 13.2 Å². The first kappa shape index (κ1) is 20.6. The molecule has 3 N–H and O–H groups in total. The van der Waals surface area contributed by atoms with Crippen LogP contribution in [0.5, 0.6) is 0 Å². The number of rotatable bonds is 5. The Morgan fingerprint density at radius 2 is 2.07 bits per heavy atom. The number of aryl methyl sites for hydroxylation is 1. The van der Waals surface area contributed by atoms with Gasteiger partial charge in [-0.25, -0.2) is 0 Å². The van der Waals surface area contributed by atoms with Crippen molar-refractivity contribution in [1.29, 1.82) is 0 Å². The van der Waals surface area contributed by atoms with Crippen LogP contribution >= 0.6 is 24.0 Å². The van der Waals surface area contributed by atoms with Gasteiger partial charge in [0.2, 0.25) is 5.91 Å². The highest BCUT2D eigenvalue weighted by Gasteiger charge is 2.35. The summed E-state index contributed by atoms with van der Waals surface area (Å²) in [5.41, 5.74) is 2.00. The van der Waals surface area contributed by atoms with E-state index in [-0.39, 0.29) is 42.1 Å². The van der Waals surface area contributed by atoms with E-state index in [1.165, 1.54) is 0 Å². The highest BCUT2D eigenvalue weighted by atomic mass is 35.5. The lowest BCUT2D eigenvalue weighted by Gasteiger charge is -2.17. The molecular formula is C19H23Cl2N5O2. The van der Waals surface area contributed by atoms with Gasteiger partial charge in [0.15, 0.2) is 0 Å². The lowest BCUT2D eigenvalue weighted by Crippen LogP contribution is -2.28. The second-order valence-electron chi connectivity index (χ2n) is 7.25. The SMILES string of the molecule is Cl.Cn1cc([C@H]2CNC[C@@H]2C(=O)Nc2ccc(Cl)c(C(=O)NC3CC3)c2)cn1. The van der Waals surface area contributed by atoms with Gasteiger partial charge in [-0.15, -0.1) is 12.4 Å². The van der Waals surface area contributed by atoms with Crippen molar-refractivity contribution in [2.24, 2.45) is 13.0 Å². The number of halogens is 2. The molecule has 1 aliphatic carbocycles. The standard InChI is InChI=1S/C19H22ClN5O2.ClH/c1-25-10-11(7-22-25)15-8-21-9-16(15)19(27)24-13-4-5-17(20)14(6-13)18(26)23-12-2-3-12;/h4-7,10,12,15-16,21H,2-3,8-9H2,1H3,(H,23,26)(H,24,27);1H/t15-,16+;/m1./s1. The summed E-state index contributed by atoms with van der Waals surface area (Å²) in [6.07, 6.45) is 5.76. The topological polar surface area (TPSA) is 88.0 Å². The number of amides is 2. The van der Waals surface area contributed by atoms with Crippen molar-refractivity contribution in [3.05, 3.63) is 46.7 Å². The number of nitrogens with zero attached hydrogens (tertiary/aromatic N) is 2. The van der Waals surface area contributed by atoms with Crippen LogP contribution in [0.2, 0.25) is 5.02 Å². The first-order chi connectivity index (χ1) is 13.0. The van der Waals surface area contributed by atoms with Crippen molar-refractivity contribution >= 4 is 41.5 Å². The Balaban J connectivity index is 0.00000225. The number of carbonyl (C=O) groups is 2. The largest absolute Gasteiger partial charge is 0.349 e. The maximum atomic E-state index is 12.8. The molecule has 2 fully saturated rings. The van der Waals surface area contributed by atoms with Crippen molar-refractivity contribution in [3.8, 4) is 0 Å². The number of aromatic nitrogens is 2. The lowest BCUT2D eigenvalue weighted by atomic mass is 9.90. The van der Waals surface area contributed by atoms with E-state index >= 15 is 0 Å². The molecule has 0 unspecified atom stereocenters. The number of hydrogen-bond donors (Lipinski definition) is 3. The van der Waals surface area contributed by atoms with Crippen molar-refractivity contribution in [2.45, 2.75) is 24.8 Å². The number of hydrogen-bond acceptors (Lipinski definition) is 4. The number of nitrogens with one attached hydrogen (secondary N) is 3. The molecule has 1 aromatic carbocycles. The zero-order chi connectivity index (χ0) is 19.0. The molecule has 2 heterocycles. The van der Waals surface area contributed by atoms with Gasteiger partial charge in [0.25, 0.3) is 5.91 Å². The van der Waals surface area contributed by atoms with Crippen LogP contribution in [-0.4, -0.2) is 40.7 Å². The fourth-order valence-electron chi connectivity index (χ4n) is 3.44. The van der Waals surface area contributed by atoms with E-state index < -0.39 is 0 Å². The Morgan fingerprint density at radius 3 is 2.75 bits per heavy atom. The van der Waals surface area contributed by atoms with Crippen LogP contribution in [0.15, 0.2) is 30.6 Å². The number of anilines is 1. The van der Waals surface area contributed by atoms with Crippen LogP contribution in [0, 0.1) is 5.92 Å². The van der Waals surface area contributed by atoms with E-state index in [2.05, 4.69) is 21.0 Å². The van der Waals surface area contributed by atoms with Crippen LogP contribution in [0.25, 0.3) is 0 Å². The molecule has 9 heteroatoms. The van der Waals surface area contributed by atoms with E-state index in [4.69, 9.17) is 11.6 Å². The lowest BCUT2D eigenvalue weighted by molar-refractivity contribution is -0.119.